The lowest BCUT2D eigenvalue weighted by Crippen LogP contribution is -2.21. The van der Waals surface area contributed by atoms with E-state index in [0.717, 1.165) is 17.3 Å². The van der Waals surface area contributed by atoms with Crippen molar-refractivity contribution < 1.29 is 19.2 Å². The van der Waals surface area contributed by atoms with E-state index in [0.29, 0.717) is 5.56 Å². The summed E-state index contributed by atoms with van der Waals surface area (Å²) in [6.07, 6.45) is 4.10. The van der Waals surface area contributed by atoms with Crippen LogP contribution in [0.4, 0.5) is 4.39 Å². The second-order valence-electron chi connectivity index (χ2n) is 4.49. The highest BCUT2D eigenvalue weighted by Crippen LogP contribution is 2.09. The molecule has 2 aromatic rings. The first-order valence-electron chi connectivity index (χ1n) is 6.49. The van der Waals surface area contributed by atoms with Crippen molar-refractivity contribution in [2.75, 3.05) is 7.05 Å². The number of carbonyl (C=O) groups is 2. The standard InChI is InChI=1S/C15H13FN4O3/c1-20(15(22)12-3-2-6-17-8-12)18-9-11-5-4-10(7-13(11)16)14(21)19-23/h2-9,23H,1H3,(H,19,21). The van der Waals surface area contributed by atoms with E-state index in [4.69, 9.17) is 5.21 Å². The average Bonchev–Trinajstić information content (AvgIpc) is 2.59. The second kappa shape index (κ2) is 7.23. The van der Waals surface area contributed by atoms with Gasteiger partial charge in [0.2, 0.25) is 0 Å². The van der Waals surface area contributed by atoms with Gasteiger partial charge < -0.3 is 0 Å². The van der Waals surface area contributed by atoms with Gasteiger partial charge in [0, 0.05) is 30.6 Å². The fraction of sp³-hybridized carbons (Fsp3) is 0.0667. The zero-order chi connectivity index (χ0) is 16.8. The number of carbonyl (C=O) groups excluding carboxylic acids is 2. The van der Waals surface area contributed by atoms with E-state index in [9.17, 15) is 14.0 Å². The summed E-state index contributed by atoms with van der Waals surface area (Å²) in [6.45, 7) is 0. The van der Waals surface area contributed by atoms with Crippen molar-refractivity contribution >= 4 is 18.0 Å². The van der Waals surface area contributed by atoms with Crippen molar-refractivity contribution in [3.8, 4) is 0 Å². The molecule has 0 radical (unpaired) electrons. The van der Waals surface area contributed by atoms with E-state index in [-0.39, 0.29) is 11.1 Å². The van der Waals surface area contributed by atoms with Gasteiger partial charge in [-0.1, -0.05) is 0 Å². The molecule has 1 aromatic carbocycles. The summed E-state index contributed by atoms with van der Waals surface area (Å²) in [5, 5.41) is 13.4. The van der Waals surface area contributed by atoms with Gasteiger partial charge in [0.15, 0.2) is 0 Å². The molecule has 8 heteroatoms. The minimum absolute atomic E-state index is 0.0399. The van der Waals surface area contributed by atoms with Gasteiger partial charge in [-0.3, -0.25) is 19.8 Å². The third kappa shape index (κ3) is 3.95. The molecule has 0 atom stereocenters. The molecule has 7 nitrogen and oxygen atoms in total. The highest BCUT2D eigenvalue weighted by atomic mass is 19.1. The molecule has 1 heterocycles. The van der Waals surface area contributed by atoms with Crippen LogP contribution in [0.5, 0.6) is 0 Å². The second-order valence-corrected chi connectivity index (χ2v) is 4.49. The van der Waals surface area contributed by atoms with Gasteiger partial charge in [-0.05, 0) is 30.3 Å². The fourth-order valence-corrected chi connectivity index (χ4v) is 1.71. The number of nitrogens with one attached hydrogen (secondary N) is 1. The number of hydrogen-bond donors (Lipinski definition) is 2. The third-order valence-corrected chi connectivity index (χ3v) is 2.94. The maximum Gasteiger partial charge on any atom is 0.275 e. The summed E-state index contributed by atoms with van der Waals surface area (Å²) < 4.78 is 13.9. The van der Waals surface area contributed by atoms with Crippen LogP contribution in [-0.4, -0.2) is 40.3 Å². The maximum absolute atomic E-state index is 13.9. The molecular weight excluding hydrogens is 303 g/mol. The molecule has 0 saturated heterocycles. The van der Waals surface area contributed by atoms with Crippen LogP contribution in [-0.2, 0) is 0 Å². The monoisotopic (exact) mass is 316 g/mol. The first-order valence-corrected chi connectivity index (χ1v) is 6.49. The van der Waals surface area contributed by atoms with Crippen molar-refractivity contribution in [3.05, 3.63) is 65.2 Å². The Kier molecular flexibility index (Phi) is 5.11. The summed E-state index contributed by atoms with van der Waals surface area (Å²) in [5.41, 5.74) is 1.81. The zero-order valence-electron chi connectivity index (χ0n) is 12.1. The largest absolute Gasteiger partial charge is 0.288 e. The molecule has 2 amide bonds. The number of rotatable bonds is 4. The fourth-order valence-electron chi connectivity index (χ4n) is 1.71. The summed E-state index contributed by atoms with van der Waals surface area (Å²) >= 11 is 0. The lowest BCUT2D eigenvalue weighted by molar-refractivity contribution is 0.0705. The Balaban J connectivity index is 2.13. The normalized spacial score (nSPS) is 10.6. The van der Waals surface area contributed by atoms with Crippen LogP contribution in [0.25, 0.3) is 0 Å². The number of hydrogen-bond acceptors (Lipinski definition) is 5. The van der Waals surface area contributed by atoms with Crippen molar-refractivity contribution in [2.45, 2.75) is 0 Å². The van der Waals surface area contributed by atoms with Gasteiger partial charge in [0.1, 0.15) is 5.82 Å². The minimum Gasteiger partial charge on any atom is -0.288 e. The highest BCUT2D eigenvalue weighted by molar-refractivity contribution is 5.95. The smallest absolute Gasteiger partial charge is 0.275 e. The Morgan fingerprint density at radius 1 is 1.35 bits per heavy atom. The third-order valence-electron chi connectivity index (χ3n) is 2.94. The number of amides is 2. The Morgan fingerprint density at radius 2 is 2.13 bits per heavy atom. The van der Waals surface area contributed by atoms with Gasteiger partial charge in [-0.25, -0.2) is 14.9 Å². The molecule has 0 fully saturated rings. The molecule has 23 heavy (non-hydrogen) atoms. The number of benzene rings is 1. The van der Waals surface area contributed by atoms with Crippen molar-refractivity contribution in [3.63, 3.8) is 0 Å². The number of hydroxylamine groups is 1. The van der Waals surface area contributed by atoms with Crippen LogP contribution >= 0.6 is 0 Å². The van der Waals surface area contributed by atoms with E-state index < -0.39 is 17.6 Å². The maximum atomic E-state index is 13.9. The number of hydrazone groups is 1. The van der Waals surface area contributed by atoms with Gasteiger partial charge in [-0.15, -0.1) is 0 Å². The predicted molar refractivity (Wildman–Crippen MR) is 79.6 cm³/mol. The quantitative estimate of drug-likeness (QED) is 0.507. The van der Waals surface area contributed by atoms with Crippen LogP contribution in [0.15, 0.2) is 47.8 Å². The zero-order valence-corrected chi connectivity index (χ0v) is 12.1. The predicted octanol–water partition coefficient (Wildman–Crippen LogP) is 1.45. The number of pyridine rings is 1. The van der Waals surface area contributed by atoms with Crippen LogP contribution in [0, 0.1) is 5.82 Å². The van der Waals surface area contributed by atoms with Gasteiger partial charge >= 0.3 is 0 Å². The number of halogens is 1. The molecule has 0 aliphatic heterocycles. The molecule has 0 aliphatic rings. The molecule has 0 aliphatic carbocycles. The van der Waals surface area contributed by atoms with Gasteiger partial charge in [0.05, 0.1) is 11.8 Å². The number of nitrogens with zero attached hydrogens (tertiary/aromatic N) is 3. The van der Waals surface area contributed by atoms with Crippen molar-refractivity contribution in [1.82, 2.24) is 15.5 Å². The minimum atomic E-state index is -0.823. The molecular formula is C15H13FN4O3. The topological polar surface area (TPSA) is 94.9 Å². The van der Waals surface area contributed by atoms with Gasteiger partial charge in [-0.2, -0.15) is 5.10 Å². The van der Waals surface area contributed by atoms with E-state index in [1.807, 2.05) is 0 Å². The van der Waals surface area contributed by atoms with E-state index in [2.05, 4.69) is 10.1 Å². The molecule has 118 valence electrons. The van der Waals surface area contributed by atoms with E-state index in [1.54, 1.807) is 18.3 Å². The molecule has 0 spiro atoms. The summed E-state index contributed by atoms with van der Waals surface area (Å²) in [6, 6.07) is 6.79. The summed E-state index contributed by atoms with van der Waals surface area (Å²) in [7, 11) is 1.43. The SMILES string of the molecule is CN(N=Cc1ccc(C(=O)NO)cc1F)C(=O)c1cccnc1. The lowest BCUT2D eigenvalue weighted by Gasteiger charge is -2.10. The molecule has 0 unspecified atom stereocenters. The first kappa shape index (κ1) is 16.2. The Morgan fingerprint density at radius 3 is 2.74 bits per heavy atom. The average molecular weight is 316 g/mol. The molecule has 2 N–H and O–H groups in total. The van der Waals surface area contributed by atoms with E-state index >= 15 is 0 Å². The first-order chi connectivity index (χ1) is 11.0. The van der Waals surface area contributed by atoms with Crippen molar-refractivity contribution in [2.24, 2.45) is 5.10 Å². The Labute approximate surface area is 131 Å². The molecule has 0 saturated carbocycles. The molecule has 0 bridgehead atoms. The number of aromatic nitrogens is 1. The van der Waals surface area contributed by atoms with Crippen LogP contribution in [0.3, 0.4) is 0 Å². The van der Waals surface area contributed by atoms with Crippen molar-refractivity contribution in [1.29, 1.82) is 0 Å². The summed E-state index contributed by atoms with van der Waals surface area (Å²) in [4.78, 5) is 27.0. The Bertz CT molecular complexity index is 750. The Hall–Kier alpha value is -3.13. The van der Waals surface area contributed by atoms with Crippen LogP contribution in [0.2, 0.25) is 0 Å². The molecule has 1 aromatic heterocycles. The lowest BCUT2D eigenvalue weighted by atomic mass is 10.1. The summed E-state index contributed by atoms with van der Waals surface area (Å²) in [5.74, 6) is -1.93. The van der Waals surface area contributed by atoms with Gasteiger partial charge in [0.25, 0.3) is 11.8 Å². The van der Waals surface area contributed by atoms with Crippen LogP contribution < -0.4 is 5.48 Å². The van der Waals surface area contributed by atoms with E-state index in [1.165, 1.54) is 30.9 Å². The van der Waals surface area contributed by atoms with Crippen LogP contribution in [0.1, 0.15) is 26.3 Å². The highest BCUT2D eigenvalue weighted by Gasteiger charge is 2.11. The molecule has 2 rings (SSSR count).